The molecule has 0 unspecified atom stereocenters. The van der Waals surface area contributed by atoms with Gasteiger partial charge in [0.15, 0.2) is 0 Å². The summed E-state index contributed by atoms with van der Waals surface area (Å²) in [6.07, 6.45) is 0. The van der Waals surface area contributed by atoms with Crippen LogP contribution >= 0.6 is 0 Å². The lowest BCUT2D eigenvalue weighted by Crippen LogP contribution is -2.17. The predicted octanol–water partition coefficient (Wildman–Crippen LogP) is 4.48. The number of anilines is 1. The van der Waals surface area contributed by atoms with Crippen LogP contribution in [0, 0.1) is 12.7 Å². The smallest absolute Gasteiger partial charge is 0.266 e. The Kier molecular flexibility index (Phi) is 5.77. The highest BCUT2D eigenvalue weighted by Gasteiger charge is 2.20. The largest absolute Gasteiger partial charge is 0.508 e. The Hall–Kier alpha value is -2.71. The van der Waals surface area contributed by atoms with Crippen molar-refractivity contribution in [3.8, 4) is 16.9 Å². The van der Waals surface area contributed by atoms with Crippen LogP contribution in [0.5, 0.6) is 5.75 Å². The van der Waals surface area contributed by atoms with Crippen molar-refractivity contribution in [1.82, 2.24) is 4.98 Å². The number of fused-ring (bicyclic) bond motifs is 1. The molecule has 0 amide bonds. The lowest BCUT2D eigenvalue weighted by Gasteiger charge is -2.21. The molecule has 3 N–H and O–H groups in total. The van der Waals surface area contributed by atoms with E-state index in [0.717, 1.165) is 22.1 Å². The lowest BCUT2D eigenvalue weighted by molar-refractivity contribution is 0.476. The number of nitrogens with one attached hydrogen (secondary N) is 1. The molecule has 154 valence electrons. The lowest BCUT2D eigenvalue weighted by atomic mass is 9.89. The molecule has 6 nitrogen and oxygen atoms in total. The molecule has 1 heterocycles. The summed E-state index contributed by atoms with van der Waals surface area (Å²) in [7, 11) is -4.12. The molecule has 29 heavy (non-hydrogen) atoms. The topological polar surface area (TPSA) is 99.5 Å². The fourth-order valence-corrected chi connectivity index (χ4v) is 3.73. The number of nitrogens with zero attached hydrogens (tertiary/aromatic N) is 1. The number of halogens is 1. The molecule has 0 radical (unpaired) electrons. The van der Waals surface area contributed by atoms with Crippen molar-refractivity contribution in [2.75, 3.05) is 17.6 Å². The minimum absolute atomic E-state index is 0.00861. The summed E-state index contributed by atoms with van der Waals surface area (Å²) in [6.45, 7) is 5.63. The van der Waals surface area contributed by atoms with Crippen LogP contribution in [0.3, 0.4) is 0 Å². The van der Waals surface area contributed by atoms with Crippen LogP contribution in [0.4, 0.5) is 10.2 Å². The summed E-state index contributed by atoms with van der Waals surface area (Å²) in [5.74, 6) is -0.252. The summed E-state index contributed by atoms with van der Waals surface area (Å²) < 4.78 is 45.0. The summed E-state index contributed by atoms with van der Waals surface area (Å²) in [5.41, 5.74) is 3.48. The van der Waals surface area contributed by atoms with Gasteiger partial charge >= 0.3 is 0 Å². The average Bonchev–Trinajstić information content (AvgIpc) is 2.61. The van der Waals surface area contributed by atoms with E-state index in [2.05, 4.69) is 10.3 Å². The van der Waals surface area contributed by atoms with Crippen LogP contribution in [0.2, 0.25) is 0 Å². The zero-order valence-electron chi connectivity index (χ0n) is 16.4. The Balaban J connectivity index is 2.27. The molecule has 3 aromatic rings. The second-order valence-electron chi connectivity index (χ2n) is 7.28. The van der Waals surface area contributed by atoms with Gasteiger partial charge < -0.3 is 10.4 Å². The Morgan fingerprint density at radius 2 is 1.90 bits per heavy atom. The number of phenolic OH excluding ortho intramolecular Hbond substituents is 1. The third-order valence-electron chi connectivity index (χ3n) is 4.68. The predicted molar refractivity (Wildman–Crippen MR) is 113 cm³/mol. The van der Waals surface area contributed by atoms with Crippen molar-refractivity contribution in [2.24, 2.45) is 0 Å². The Bertz CT molecular complexity index is 1180. The van der Waals surface area contributed by atoms with Crippen LogP contribution < -0.4 is 5.32 Å². The number of aromatic hydroxyl groups is 1. The van der Waals surface area contributed by atoms with E-state index in [1.54, 1.807) is 31.2 Å². The van der Waals surface area contributed by atoms with Gasteiger partial charge in [0.05, 0.1) is 11.3 Å². The molecular weight excluding hydrogens is 395 g/mol. The molecule has 0 fully saturated rings. The SMILES string of the molecule is Cc1cc(-c2c(C(C)C)c(NCCS(=O)(=O)O)nc3cc(O)ccc23)ccc1F. The summed E-state index contributed by atoms with van der Waals surface area (Å²) >= 11 is 0. The van der Waals surface area contributed by atoms with E-state index in [4.69, 9.17) is 4.55 Å². The number of aromatic nitrogens is 1. The van der Waals surface area contributed by atoms with Gasteiger partial charge in [-0.25, -0.2) is 9.37 Å². The molecule has 0 aliphatic rings. The van der Waals surface area contributed by atoms with E-state index in [-0.39, 0.29) is 24.0 Å². The fraction of sp³-hybridized carbons (Fsp3) is 0.286. The number of phenols is 1. The second-order valence-corrected chi connectivity index (χ2v) is 8.85. The maximum atomic E-state index is 13.9. The first-order valence-corrected chi connectivity index (χ1v) is 10.8. The van der Waals surface area contributed by atoms with Crippen LogP contribution in [-0.4, -0.2) is 35.4 Å². The average molecular weight is 418 g/mol. The van der Waals surface area contributed by atoms with Crippen molar-refractivity contribution >= 4 is 26.8 Å². The summed E-state index contributed by atoms with van der Waals surface area (Å²) in [4.78, 5) is 4.58. The van der Waals surface area contributed by atoms with Crippen molar-refractivity contribution in [1.29, 1.82) is 0 Å². The van der Waals surface area contributed by atoms with Crippen LogP contribution in [0.15, 0.2) is 36.4 Å². The van der Waals surface area contributed by atoms with E-state index in [1.165, 1.54) is 12.1 Å². The zero-order valence-corrected chi connectivity index (χ0v) is 17.2. The number of aryl methyl sites for hydroxylation is 1. The summed E-state index contributed by atoms with van der Waals surface area (Å²) in [5, 5.41) is 13.7. The molecule has 0 atom stereocenters. The highest BCUT2D eigenvalue weighted by atomic mass is 32.2. The quantitative estimate of drug-likeness (QED) is 0.511. The van der Waals surface area contributed by atoms with Crippen molar-refractivity contribution in [2.45, 2.75) is 26.7 Å². The van der Waals surface area contributed by atoms with Gasteiger partial charge in [0.2, 0.25) is 0 Å². The van der Waals surface area contributed by atoms with E-state index >= 15 is 0 Å². The van der Waals surface area contributed by atoms with Gasteiger partial charge in [0.25, 0.3) is 10.1 Å². The number of rotatable bonds is 6. The Labute approximate surface area is 169 Å². The minimum Gasteiger partial charge on any atom is -0.508 e. The normalized spacial score (nSPS) is 11.9. The van der Waals surface area contributed by atoms with E-state index in [0.29, 0.717) is 16.9 Å². The molecule has 0 saturated carbocycles. The number of hydrogen-bond acceptors (Lipinski definition) is 5. The van der Waals surface area contributed by atoms with Crippen LogP contribution in [0.25, 0.3) is 22.0 Å². The first-order chi connectivity index (χ1) is 13.6. The fourth-order valence-electron chi connectivity index (χ4n) is 3.37. The van der Waals surface area contributed by atoms with Gasteiger partial charge in [-0.2, -0.15) is 8.42 Å². The first-order valence-electron chi connectivity index (χ1n) is 9.19. The Morgan fingerprint density at radius 3 is 2.52 bits per heavy atom. The standard InChI is InChI=1S/C21H23FN2O4S/c1-12(2)19-20(14-4-7-17(22)13(3)10-14)16-6-5-15(25)11-18(16)24-21(19)23-8-9-29(26,27)28/h4-7,10-12,25H,8-9H2,1-3H3,(H,23,24)(H,26,27,28). The molecule has 2 aromatic carbocycles. The van der Waals surface area contributed by atoms with E-state index in [9.17, 15) is 17.9 Å². The van der Waals surface area contributed by atoms with E-state index in [1.807, 2.05) is 13.8 Å². The van der Waals surface area contributed by atoms with Gasteiger partial charge in [-0.15, -0.1) is 0 Å². The molecule has 0 bridgehead atoms. The number of benzene rings is 2. The highest BCUT2D eigenvalue weighted by Crippen LogP contribution is 2.40. The van der Waals surface area contributed by atoms with Gasteiger partial charge in [-0.3, -0.25) is 4.55 Å². The third-order valence-corrected chi connectivity index (χ3v) is 5.40. The van der Waals surface area contributed by atoms with Crippen LogP contribution in [0.1, 0.15) is 30.9 Å². The highest BCUT2D eigenvalue weighted by molar-refractivity contribution is 7.85. The van der Waals surface area contributed by atoms with Gasteiger partial charge in [-0.05, 0) is 53.8 Å². The molecule has 8 heteroatoms. The molecule has 0 spiro atoms. The van der Waals surface area contributed by atoms with Crippen molar-refractivity contribution < 1.29 is 22.5 Å². The molecular formula is C21H23FN2O4S. The van der Waals surface area contributed by atoms with Gasteiger partial charge in [0, 0.05) is 23.6 Å². The molecule has 0 aliphatic carbocycles. The number of hydrogen-bond donors (Lipinski definition) is 3. The van der Waals surface area contributed by atoms with Crippen molar-refractivity contribution in [3.05, 3.63) is 53.3 Å². The third kappa shape index (κ3) is 4.65. The van der Waals surface area contributed by atoms with Crippen molar-refractivity contribution in [3.63, 3.8) is 0 Å². The molecule has 0 aliphatic heterocycles. The number of pyridine rings is 1. The first kappa shape index (κ1) is 21.0. The second kappa shape index (κ2) is 7.96. The van der Waals surface area contributed by atoms with E-state index < -0.39 is 15.9 Å². The Morgan fingerprint density at radius 1 is 1.17 bits per heavy atom. The monoisotopic (exact) mass is 418 g/mol. The van der Waals surface area contributed by atoms with Gasteiger partial charge in [-0.1, -0.05) is 19.9 Å². The summed E-state index contributed by atoms with van der Waals surface area (Å²) in [6, 6.07) is 9.71. The zero-order chi connectivity index (χ0) is 21.3. The maximum Gasteiger partial charge on any atom is 0.266 e. The van der Waals surface area contributed by atoms with Gasteiger partial charge in [0.1, 0.15) is 17.4 Å². The maximum absolute atomic E-state index is 13.9. The van der Waals surface area contributed by atoms with Crippen LogP contribution in [-0.2, 0) is 10.1 Å². The minimum atomic E-state index is -4.12. The molecule has 1 aromatic heterocycles. The molecule has 0 saturated heterocycles. The molecule has 3 rings (SSSR count).